The number of nitro benzene ring substituents is 1. The van der Waals surface area contributed by atoms with Gasteiger partial charge in [0.05, 0.1) is 11.5 Å². The predicted octanol–water partition coefficient (Wildman–Crippen LogP) is 3.34. The number of unbranched alkanes of at least 4 members (excludes halogenated alkanes) is 1. The van der Waals surface area contributed by atoms with Gasteiger partial charge in [0.1, 0.15) is 0 Å². The molecule has 88 valence electrons. The van der Waals surface area contributed by atoms with E-state index in [0.29, 0.717) is 11.6 Å². The van der Waals surface area contributed by atoms with Crippen molar-refractivity contribution in [2.75, 3.05) is 12.4 Å². The first kappa shape index (κ1) is 13.1. The number of hydrogen-bond acceptors (Lipinski definition) is 4. The Balaban J connectivity index is 2.68. The molecule has 0 aliphatic heterocycles. The summed E-state index contributed by atoms with van der Waals surface area (Å²) in [5.74, 6) is 0.998. The third-order valence-corrected chi connectivity index (χ3v) is 2.48. The normalized spacial score (nSPS) is 10.1. The zero-order valence-corrected chi connectivity index (χ0v) is 10.2. The standard InChI is InChI=1S/C10H12ClNO3S/c11-8-3-4-9(12(13)14)10(7-8)15-5-1-2-6-16/h3-4,7,16H,1-2,5-6H2. The maximum Gasteiger partial charge on any atom is 0.311 e. The van der Waals surface area contributed by atoms with Gasteiger partial charge in [0, 0.05) is 17.2 Å². The van der Waals surface area contributed by atoms with Crippen LogP contribution >= 0.6 is 24.2 Å². The minimum absolute atomic E-state index is 0.0599. The van der Waals surface area contributed by atoms with Gasteiger partial charge in [-0.3, -0.25) is 10.1 Å². The van der Waals surface area contributed by atoms with Crippen LogP contribution in [0.4, 0.5) is 5.69 Å². The number of hydrogen-bond donors (Lipinski definition) is 1. The SMILES string of the molecule is O=[N+]([O-])c1ccc(Cl)cc1OCCCCS. The Morgan fingerprint density at radius 2 is 2.19 bits per heavy atom. The molecular weight excluding hydrogens is 250 g/mol. The third-order valence-electron chi connectivity index (χ3n) is 1.93. The Morgan fingerprint density at radius 3 is 2.81 bits per heavy atom. The fourth-order valence-corrected chi connectivity index (χ4v) is 1.54. The number of halogens is 1. The fourth-order valence-electron chi connectivity index (χ4n) is 1.15. The van der Waals surface area contributed by atoms with Gasteiger partial charge in [0.2, 0.25) is 0 Å². The van der Waals surface area contributed by atoms with Gasteiger partial charge >= 0.3 is 5.69 Å². The minimum atomic E-state index is -0.482. The van der Waals surface area contributed by atoms with E-state index in [1.807, 2.05) is 0 Å². The average molecular weight is 262 g/mol. The van der Waals surface area contributed by atoms with Gasteiger partial charge in [-0.25, -0.2) is 0 Å². The van der Waals surface area contributed by atoms with E-state index in [4.69, 9.17) is 16.3 Å². The summed E-state index contributed by atoms with van der Waals surface area (Å²) >= 11 is 9.81. The molecule has 16 heavy (non-hydrogen) atoms. The van der Waals surface area contributed by atoms with E-state index in [9.17, 15) is 10.1 Å². The topological polar surface area (TPSA) is 52.4 Å². The Kier molecular flexibility index (Phi) is 5.42. The second kappa shape index (κ2) is 6.60. The molecule has 1 rings (SSSR count). The van der Waals surface area contributed by atoms with Crippen LogP contribution in [0.25, 0.3) is 0 Å². The molecule has 0 fully saturated rings. The summed E-state index contributed by atoms with van der Waals surface area (Å²) in [7, 11) is 0. The number of nitrogens with zero attached hydrogens (tertiary/aromatic N) is 1. The summed E-state index contributed by atoms with van der Waals surface area (Å²) in [5, 5.41) is 11.1. The minimum Gasteiger partial charge on any atom is -0.487 e. The Morgan fingerprint density at radius 1 is 1.44 bits per heavy atom. The molecule has 0 radical (unpaired) electrons. The van der Waals surface area contributed by atoms with Gasteiger partial charge in [-0.15, -0.1) is 0 Å². The fraction of sp³-hybridized carbons (Fsp3) is 0.400. The summed E-state index contributed by atoms with van der Waals surface area (Å²) in [6.45, 7) is 0.432. The molecule has 1 aromatic rings. The smallest absolute Gasteiger partial charge is 0.311 e. The molecule has 0 saturated heterocycles. The second-order valence-electron chi connectivity index (χ2n) is 3.15. The molecule has 0 aromatic heterocycles. The lowest BCUT2D eigenvalue weighted by Crippen LogP contribution is -2.00. The van der Waals surface area contributed by atoms with Gasteiger partial charge in [0.25, 0.3) is 0 Å². The largest absolute Gasteiger partial charge is 0.487 e. The Bertz CT molecular complexity index is 373. The van der Waals surface area contributed by atoms with E-state index < -0.39 is 4.92 Å². The maximum atomic E-state index is 10.7. The summed E-state index contributed by atoms with van der Waals surface area (Å²) in [5.41, 5.74) is -0.0599. The van der Waals surface area contributed by atoms with Crippen LogP contribution in [0.1, 0.15) is 12.8 Å². The molecular formula is C10H12ClNO3S. The summed E-state index contributed by atoms with van der Waals surface area (Å²) in [6, 6.07) is 4.27. The first-order valence-electron chi connectivity index (χ1n) is 4.82. The first-order chi connectivity index (χ1) is 7.65. The van der Waals surface area contributed by atoms with Crippen molar-refractivity contribution in [3.05, 3.63) is 33.3 Å². The van der Waals surface area contributed by atoms with Crippen molar-refractivity contribution in [2.24, 2.45) is 0 Å². The second-order valence-corrected chi connectivity index (χ2v) is 4.03. The molecule has 0 saturated carbocycles. The van der Waals surface area contributed by atoms with E-state index in [0.717, 1.165) is 18.6 Å². The van der Waals surface area contributed by atoms with E-state index in [-0.39, 0.29) is 11.4 Å². The highest BCUT2D eigenvalue weighted by Gasteiger charge is 2.14. The molecule has 0 bridgehead atoms. The average Bonchev–Trinajstić information content (AvgIpc) is 2.24. The lowest BCUT2D eigenvalue weighted by atomic mass is 10.3. The van der Waals surface area contributed by atoms with Crippen molar-refractivity contribution in [2.45, 2.75) is 12.8 Å². The van der Waals surface area contributed by atoms with Crippen molar-refractivity contribution in [3.8, 4) is 5.75 Å². The molecule has 6 heteroatoms. The number of benzene rings is 1. The van der Waals surface area contributed by atoms with Crippen molar-refractivity contribution < 1.29 is 9.66 Å². The number of nitro groups is 1. The van der Waals surface area contributed by atoms with Crippen LogP contribution in [0.5, 0.6) is 5.75 Å². The van der Waals surface area contributed by atoms with Crippen LogP contribution in [-0.2, 0) is 0 Å². The van der Waals surface area contributed by atoms with Crippen LogP contribution in [-0.4, -0.2) is 17.3 Å². The zero-order valence-electron chi connectivity index (χ0n) is 8.56. The van der Waals surface area contributed by atoms with Crippen LogP contribution in [0, 0.1) is 10.1 Å². The van der Waals surface area contributed by atoms with E-state index in [1.165, 1.54) is 18.2 Å². The van der Waals surface area contributed by atoms with E-state index in [1.54, 1.807) is 0 Å². The molecule has 0 unspecified atom stereocenters. The zero-order chi connectivity index (χ0) is 12.0. The van der Waals surface area contributed by atoms with E-state index in [2.05, 4.69) is 12.6 Å². The van der Waals surface area contributed by atoms with E-state index >= 15 is 0 Å². The summed E-state index contributed by atoms with van der Waals surface area (Å²) in [6.07, 6.45) is 1.73. The molecule has 0 N–H and O–H groups in total. The van der Waals surface area contributed by atoms with Crippen LogP contribution < -0.4 is 4.74 Å². The van der Waals surface area contributed by atoms with Crippen LogP contribution in [0.3, 0.4) is 0 Å². The number of ether oxygens (including phenoxy) is 1. The summed E-state index contributed by atoms with van der Waals surface area (Å²) < 4.78 is 5.32. The van der Waals surface area contributed by atoms with Crippen LogP contribution in [0.15, 0.2) is 18.2 Å². The highest BCUT2D eigenvalue weighted by atomic mass is 35.5. The van der Waals surface area contributed by atoms with Crippen LogP contribution in [0.2, 0.25) is 5.02 Å². The third kappa shape index (κ3) is 3.90. The van der Waals surface area contributed by atoms with Gasteiger partial charge in [-0.05, 0) is 24.7 Å². The highest BCUT2D eigenvalue weighted by Crippen LogP contribution is 2.29. The molecule has 4 nitrogen and oxygen atoms in total. The molecule has 0 spiro atoms. The van der Waals surface area contributed by atoms with Gasteiger partial charge < -0.3 is 4.74 Å². The van der Waals surface area contributed by atoms with Gasteiger partial charge in [-0.2, -0.15) is 12.6 Å². The molecule has 0 aliphatic rings. The number of rotatable bonds is 6. The monoisotopic (exact) mass is 261 g/mol. The van der Waals surface area contributed by atoms with Crippen molar-refractivity contribution in [1.29, 1.82) is 0 Å². The predicted molar refractivity (Wildman–Crippen MR) is 66.7 cm³/mol. The molecule has 0 atom stereocenters. The molecule has 0 amide bonds. The lowest BCUT2D eigenvalue weighted by Gasteiger charge is -2.06. The molecule has 1 aromatic carbocycles. The summed E-state index contributed by atoms with van der Waals surface area (Å²) in [4.78, 5) is 10.2. The van der Waals surface area contributed by atoms with Gasteiger partial charge in [0.15, 0.2) is 5.75 Å². The van der Waals surface area contributed by atoms with Crippen molar-refractivity contribution in [1.82, 2.24) is 0 Å². The first-order valence-corrected chi connectivity index (χ1v) is 5.84. The Labute approximate surface area is 104 Å². The quantitative estimate of drug-likeness (QED) is 0.370. The lowest BCUT2D eigenvalue weighted by molar-refractivity contribution is -0.385. The number of thiol groups is 1. The highest BCUT2D eigenvalue weighted by molar-refractivity contribution is 7.80. The van der Waals surface area contributed by atoms with Crippen molar-refractivity contribution in [3.63, 3.8) is 0 Å². The van der Waals surface area contributed by atoms with Gasteiger partial charge in [-0.1, -0.05) is 11.6 Å². The molecule has 0 aliphatic carbocycles. The maximum absolute atomic E-state index is 10.7. The Hall–Kier alpha value is -0.940. The molecule has 0 heterocycles. The van der Waals surface area contributed by atoms with Crippen molar-refractivity contribution >= 4 is 29.9 Å².